The standard InChI is InChI=1S/C20H18N6O12/c1-37-17-9(3-11(23(29)30)7-15(17)25(33)34)5-13-19(27)22-14(20(28)21-13)6-10-4-12(24(31)32)8-16(26(35)36)18(10)38-2/h3-4,7-8,13-14H,5-6H2,1-2H3,(H,21,28)(H,22,27)/t13-,14+. The Bertz CT molecular complexity index is 1270. The molecule has 0 aliphatic carbocycles. The summed E-state index contributed by atoms with van der Waals surface area (Å²) >= 11 is 0. The van der Waals surface area contributed by atoms with Crippen LogP contribution in [-0.2, 0) is 22.4 Å². The molecule has 18 heteroatoms. The fraction of sp³-hybridized carbons (Fsp3) is 0.300. The van der Waals surface area contributed by atoms with Gasteiger partial charge in [-0.05, 0) is 0 Å². The largest absolute Gasteiger partial charge is 0.490 e. The van der Waals surface area contributed by atoms with Crippen molar-refractivity contribution in [3.63, 3.8) is 0 Å². The Balaban J connectivity index is 1.90. The van der Waals surface area contributed by atoms with Gasteiger partial charge in [0.25, 0.3) is 11.4 Å². The van der Waals surface area contributed by atoms with Gasteiger partial charge in [0.15, 0.2) is 0 Å². The number of nitro benzene ring substituents is 4. The summed E-state index contributed by atoms with van der Waals surface area (Å²) in [4.78, 5) is 67.3. The van der Waals surface area contributed by atoms with Crippen LogP contribution in [0.1, 0.15) is 11.1 Å². The zero-order valence-corrected chi connectivity index (χ0v) is 19.6. The third-order valence-electron chi connectivity index (χ3n) is 5.60. The zero-order chi connectivity index (χ0) is 28.3. The second kappa shape index (κ2) is 10.7. The highest BCUT2D eigenvalue weighted by Crippen LogP contribution is 2.37. The minimum absolute atomic E-state index is 0.0942. The number of piperazine rings is 1. The SMILES string of the molecule is COc1c(C[C@@H]2NC(=O)[C@@H](Cc3cc([N+](=O)[O-])cc([N+](=O)[O-])c3OC)NC2=O)cc([N+](=O)[O-])cc1[N+](=O)[O-]. The molecular weight excluding hydrogens is 516 g/mol. The van der Waals surface area contributed by atoms with Gasteiger partial charge in [0.2, 0.25) is 23.3 Å². The Morgan fingerprint density at radius 1 is 0.658 bits per heavy atom. The number of carbonyl (C=O) groups is 2. The van der Waals surface area contributed by atoms with Crippen LogP contribution in [0, 0.1) is 40.5 Å². The van der Waals surface area contributed by atoms with E-state index in [2.05, 4.69) is 10.6 Å². The predicted octanol–water partition coefficient (Wildman–Crippen LogP) is 1.10. The van der Waals surface area contributed by atoms with Crippen LogP contribution in [0.4, 0.5) is 22.7 Å². The van der Waals surface area contributed by atoms with Crippen LogP contribution in [0.25, 0.3) is 0 Å². The van der Waals surface area contributed by atoms with Crippen molar-refractivity contribution >= 4 is 34.6 Å². The molecule has 1 heterocycles. The molecule has 3 rings (SSSR count). The van der Waals surface area contributed by atoms with Gasteiger partial charge in [0.1, 0.15) is 12.1 Å². The fourth-order valence-electron chi connectivity index (χ4n) is 3.97. The number of nitrogens with one attached hydrogen (secondary N) is 2. The van der Waals surface area contributed by atoms with Crippen LogP contribution >= 0.6 is 0 Å². The number of hydrogen-bond acceptors (Lipinski definition) is 12. The fourth-order valence-corrected chi connectivity index (χ4v) is 3.97. The minimum atomic E-state index is -1.32. The molecule has 0 saturated carbocycles. The van der Waals surface area contributed by atoms with Gasteiger partial charge in [-0.15, -0.1) is 0 Å². The average molecular weight is 534 g/mol. The van der Waals surface area contributed by atoms with Crippen molar-refractivity contribution in [2.75, 3.05) is 14.2 Å². The zero-order valence-electron chi connectivity index (χ0n) is 19.6. The molecule has 0 unspecified atom stereocenters. The molecule has 2 aromatic carbocycles. The molecule has 1 aliphatic rings. The van der Waals surface area contributed by atoms with Crippen LogP contribution in [0.15, 0.2) is 24.3 Å². The summed E-state index contributed by atoms with van der Waals surface area (Å²) in [7, 11) is 2.19. The first kappa shape index (κ1) is 27.2. The van der Waals surface area contributed by atoms with E-state index in [4.69, 9.17) is 9.47 Å². The molecule has 1 saturated heterocycles. The van der Waals surface area contributed by atoms with Crippen molar-refractivity contribution < 1.29 is 38.8 Å². The van der Waals surface area contributed by atoms with Crippen molar-refractivity contribution in [2.45, 2.75) is 24.9 Å². The van der Waals surface area contributed by atoms with Crippen molar-refractivity contribution in [3.05, 3.63) is 75.8 Å². The molecule has 0 bridgehead atoms. The van der Waals surface area contributed by atoms with Gasteiger partial charge >= 0.3 is 11.4 Å². The van der Waals surface area contributed by atoms with Crippen molar-refractivity contribution in [3.8, 4) is 11.5 Å². The molecule has 2 aromatic rings. The maximum atomic E-state index is 12.8. The van der Waals surface area contributed by atoms with Gasteiger partial charge in [0.05, 0.1) is 46.0 Å². The molecular formula is C20H18N6O12. The summed E-state index contributed by atoms with van der Waals surface area (Å²) in [6.07, 6.45) is -0.830. The van der Waals surface area contributed by atoms with E-state index in [0.29, 0.717) is 12.1 Å². The molecule has 0 aromatic heterocycles. The van der Waals surface area contributed by atoms with E-state index >= 15 is 0 Å². The van der Waals surface area contributed by atoms with E-state index in [-0.39, 0.29) is 22.6 Å². The van der Waals surface area contributed by atoms with E-state index in [1.54, 1.807) is 0 Å². The molecule has 1 aliphatic heterocycles. The average Bonchev–Trinajstić information content (AvgIpc) is 2.85. The van der Waals surface area contributed by atoms with E-state index in [1.807, 2.05) is 0 Å². The highest BCUT2D eigenvalue weighted by atomic mass is 16.6. The summed E-state index contributed by atoms with van der Waals surface area (Å²) in [5, 5.41) is 50.0. The first-order valence-corrected chi connectivity index (χ1v) is 10.5. The number of carbonyl (C=O) groups excluding carboxylic acids is 2. The number of ether oxygens (including phenoxy) is 2. The normalized spacial score (nSPS) is 16.7. The number of amides is 2. The first-order valence-electron chi connectivity index (χ1n) is 10.5. The monoisotopic (exact) mass is 534 g/mol. The predicted molar refractivity (Wildman–Crippen MR) is 124 cm³/mol. The maximum Gasteiger partial charge on any atom is 0.318 e. The van der Waals surface area contributed by atoms with Crippen LogP contribution in [0.5, 0.6) is 11.5 Å². The summed E-state index contributed by atoms with van der Waals surface area (Å²) in [6.45, 7) is 0. The first-order chi connectivity index (χ1) is 17.9. The molecule has 38 heavy (non-hydrogen) atoms. The summed E-state index contributed by atoms with van der Waals surface area (Å²) < 4.78 is 10.1. The number of non-ortho nitro benzene ring substituents is 2. The summed E-state index contributed by atoms with van der Waals surface area (Å²) in [5.41, 5.74) is -2.88. The number of methoxy groups -OCH3 is 2. The number of nitrogens with zero attached hydrogens (tertiary/aromatic N) is 4. The van der Waals surface area contributed by atoms with E-state index in [9.17, 15) is 50.0 Å². The third kappa shape index (κ3) is 5.37. The van der Waals surface area contributed by atoms with Gasteiger partial charge in [-0.25, -0.2) is 0 Å². The van der Waals surface area contributed by atoms with Crippen molar-refractivity contribution in [1.29, 1.82) is 0 Å². The Labute approximate surface area is 211 Å². The van der Waals surface area contributed by atoms with Crippen molar-refractivity contribution in [2.24, 2.45) is 0 Å². The van der Waals surface area contributed by atoms with Crippen LogP contribution < -0.4 is 20.1 Å². The number of hydrogen-bond donors (Lipinski definition) is 2. The lowest BCUT2D eigenvalue weighted by Crippen LogP contribution is -2.62. The van der Waals surface area contributed by atoms with Gasteiger partial charge < -0.3 is 20.1 Å². The molecule has 2 atom stereocenters. The second-order valence-electron chi connectivity index (χ2n) is 7.87. The Morgan fingerprint density at radius 2 is 1.00 bits per heavy atom. The van der Waals surface area contributed by atoms with Crippen LogP contribution in [0.3, 0.4) is 0 Å². The van der Waals surface area contributed by atoms with Crippen LogP contribution in [0.2, 0.25) is 0 Å². The maximum absolute atomic E-state index is 12.8. The Hall–Kier alpha value is -5.42. The number of benzene rings is 2. The highest BCUT2D eigenvalue weighted by molar-refractivity contribution is 5.97. The molecule has 2 N–H and O–H groups in total. The third-order valence-corrected chi connectivity index (χ3v) is 5.60. The molecule has 1 fully saturated rings. The van der Waals surface area contributed by atoms with E-state index in [0.717, 1.165) is 26.4 Å². The smallest absolute Gasteiger partial charge is 0.318 e. The number of nitro groups is 4. The quantitative estimate of drug-likeness (QED) is 0.321. The highest BCUT2D eigenvalue weighted by Gasteiger charge is 2.37. The van der Waals surface area contributed by atoms with Crippen LogP contribution in [-0.4, -0.2) is 57.8 Å². The summed E-state index contributed by atoms with van der Waals surface area (Å²) in [5.74, 6) is -2.24. The number of rotatable bonds is 10. The molecule has 2 amide bonds. The topological polar surface area (TPSA) is 249 Å². The second-order valence-corrected chi connectivity index (χ2v) is 7.87. The van der Waals surface area contributed by atoms with Crippen molar-refractivity contribution in [1.82, 2.24) is 10.6 Å². The lowest BCUT2D eigenvalue weighted by molar-refractivity contribution is -0.395. The van der Waals surface area contributed by atoms with Gasteiger partial charge in [-0.3, -0.25) is 50.0 Å². The lowest BCUT2D eigenvalue weighted by atomic mass is 9.96. The van der Waals surface area contributed by atoms with E-state index in [1.165, 1.54) is 0 Å². The molecule has 18 nitrogen and oxygen atoms in total. The Kier molecular flexibility index (Phi) is 7.64. The minimum Gasteiger partial charge on any atom is -0.490 e. The lowest BCUT2D eigenvalue weighted by Gasteiger charge is -2.30. The molecule has 0 radical (unpaired) electrons. The van der Waals surface area contributed by atoms with Gasteiger partial charge in [0, 0.05) is 36.1 Å². The molecule has 200 valence electrons. The summed E-state index contributed by atoms with van der Waals surface area (Å²) in [6, 6.07) is 0.702. The van der Waals surface area contributed by atoms with Gasteiger partial charge in [-0.2, -0.15) is 0 Å². The van der Waals surface area contributed by atoms with E-state index < -0.39 is 79.2 Å². The molecule has 0 spiro atoms. The van der Waals surface area contributed by atoms with Gasteiger partial charge in [-0.1, -0.05) is 0 Å². The Morgan fingerprint density at radius 3 is 1.26 bits per heavy atom.